The van der Waals surface area contributed by atoms with Gasteiger partial charge < -0.3 is 24.4 Å². The summed E-state index contributed by atoms with van der Waals surface area (Å²) >= 11 is 0. The Bertz CT molecular complexity index is 1070. The van der Waals surface area contributed by atoms with Gasteiger partial charge in [0.2, 0.25) is 11.8 Å². The molecule has 168 valence electrons. The third-order valence-electron chi connectivity index (χ3n) is 5.03. The molecule has 0 saturated carbocycles. The van der Waals surface area contributed by atoms with Crippen LogP contribution in [-0.2, 0) is 4.74 Å². The monoisotopic (exact) mass is 440 g/mol. The lowest BCUT2D eigenvalue weighted by molar-refractivity contribution is -0.00572. The van der Waals surface area contributed by atoms with Crippen molar-refractivity contribution < 1.29 is 18.6 Å². The number of methoxy groups -OCH3 is 2. The minimum absolute atomic E-state index is 0.0157. The van der Waals surface area contributed by atoms with E-state index >= 15 is 0 Å². The number of ether oxygens (including phenoxy) is 3. The molecule has 1 aromatic carbocycles. The SMILES string of the molecule is COc1ccc(-c2cc(Nc3nc(N4C[C@@H](C)O[C@@H](C)C4)ncc3F)nnc2OC)cc1. The highest BCUT2D eigenvalue weighted by molar-refractivity contribution is 5.72. The summed E-state index contributed by atoms with van der Waals surface area (Å²) in [5.74, 6) is 1.25. The Balaban J connectivity index is 1.62. The Hall–Kier alpha value is -3.53. The molecule has 3 heterocycles. The second-order valence-electron chi connectivity index (χ2n) is 7.53. The fourth-order valence-corrected chi connectivity index (χ4v) is 3.63. The first-order valence-electron chi connectivity index (χ1n) is 10.2. The molecule has 0 amide bonds. The Morgan fingerprint density at radius 3 is 2.44 bits per heavy atom. The molecule has 32 heavy (non-hydrogen) atoms. The van der Waals surface area contributed by atoms with Crippen molar-refractivity contribution in [2.24, 2.45) is 0 Å². The highest BCUT2D eigenvalue weighted by Crippen LogP contribution is 2.31. The van der Waals surface area contributed by atoms with Gasteiger partial charge in [-0.25, -0.2) is 9.37 Å². The Kier molecular flexibility index (Phi) is 6.31. The number of nitrogens with one attached hydrogen (secondary N) is 1. The lowest BCUT2D eigenvalue weighted by Gasteiger charge is -2.35. The van der Waals surface area contributed by atoms with Crippen molar-refractivity contribution >= 4 is 17.6 Å². The van der Waals surface area contributed by atoms with Crippen LogP contribution in [0.4, 0.5) is 22.0 Å². The second kappa shape index (κ2) is 9.31. The number of nitrogens with zero attached hydrogens (tertiary/aromatic N) is 5. The summed E-state index contributed by atoms with van der Waals surface area (Å²) in [7, 11) is 3.12. The average Bonchev–Trinajstić information content (AvgIpc) is 2.80. The average molecular weight is 440 g/mol. The van der Waals surface area contributed by atoms with Crippen LogP contribution in [0.5, 0.6) is 11.6 Å². The number of aromatic nitrogens is 4. The molecule has 1 aliphatic rings. The maximum Gasteiger partial charge on any atom is 0.241 e. The van der Waals surface area contributed by atoms with Gasteiger partial charge in [0.25, 0.3) is 0 Å². The molecule has 1 saturated heterocycles. The Morgan fingerprint density at radius 2 is 1.78 bits per heavy atom. The van der Waals surface area contributed by atoms with Crippen molar-refractivity contribution in [2.45, 2.75) is 26.1 Å². The molecule has 0 unspecified atom stereocenters. The quantitative estimate of drug-likeness (QED) is 0.618. The van der Waals surface area contributed by atoms with E-state index in [-0.39, 0.29) is 18.0 Å². The topological polar surface area (TPSA) is 94.5 Å². The highest BCUT2D eigenvalue weighted by atomic mass is 19.1. The molecule has 0 spiro atoms. The van der Waals surface area contributed by atoms with Crippen LogP contribution in [0, 0.1) is 5.82 Å². The van der Waals surface area contributed by atoms with Gasteiger partial charge in [-0.1, -0.05) is 12.1 Å². The summed E-state index contributed by atoms with van der Waals surface area (Å²) in [5, 5.41) is 11.1. The van der Waals surface area contributed by atoms with Gasteiger partial charge in [-0.15, -0.1) is 10.2 Å². The van der Waals surface area contributed by atoms with E-state index in [0.29, 0.717) is 36.3 Å². The highest BCUT2D eigenvalue weighted by Gasteiger charge is 2.25. The molecule has 9 nitrogen and oxygen atoms in total. The zero-order valence-corrected chi connectivity index (χ0v) is 18.4. The first-order chi connectivity index (χ1) is 15.5. The van der Waals surface area contributed by atoms with Gasteiger partial charge in [0.05, 0.1) is 32.6 Å². The molecule has 0 bridgehead atoms. The molecule has 2 atom stereocenters. The maximum absolute atomic E-state index is 14.5. The van der Waals surface area contributed by atoms with Gasteiger partial charge in [-0.05, 0) is 37.6 Å². The van der Waals surface area contributed by atoms with Crippen molar-refractivity contribution in [2.75, 3.05) is 37.5 Å². The lowest BCUT2D eigenvalue weighted by Crippen LogP contribution is -2.46. The van der Waals surface area contributed by atoms with Crippen molar-refractivity contribution in [3.63, 3.8) is 0 Å². The molecule has 10 heteroatoms. The first-order valence-corrected chi connectivity index (χ1v) is 10.2. The van der Waals surface area contributed by atoms with E-state index in [0.717, 1.165) is 17.5 Å². The van der Waals surface area contributed by atoms with Crippen molar-refractivity contribution in [3.05, 3.63) is 42.3 Å². The summed E-state index contributed by atoms with van der Waals surface area (Å²) in [6, 6.07) is 9.16. The molecule has 2 aromatic heterocycles. The molecule has 0 aliphatic carbocycles. The number of morpholine rings is 1. The molecule has 0 radical (unpaired) electrons. The summed E-state index contributed by atoms with van der Waals surface area (Å²) in [5.41, 5.74) is 1.54. The van der Waals surface area contributed by atoms with Crippen molar-refractivity contribution in [3.8, 4) is 22.8 Å². The number of hydrogen-bond donors (Lipinski definition) is 1. The fraction of sp³-hybridized carbons (Fsp3) is 0.364. The smallest absolute Gasteiger partial charge is 0.241 e. The van der Waals surface area contributed by atoms with Gasteiger partial charge in [0.1, 0.15) is 5.75 Å². The van der Waals surface area contributed by atoms with E-state index in [1.165, 1.54) is 7.11 Å². The van der Waals surface area contributed by atoms with Gasteiger partial charge >= 0.3 is 0 Å². The van der Waals surface area contributed by atoms with Crippen LogP contribution < -0.4 is 19.7 Å². The molecular weight excluding hydrogens is 415 g/mol. The largest absolute Gasteiger partial charge is 0.497 e. The minimum atomic E-state index is -0.591. The number of halogens is 1. The third kappa shape index (κ3) is 4.70. The summed E-state index contributed by atoms with van der Waals surface area (Å²) in [4.78, 5) is 10.5. The molecule has 1 N–H and O–H groups in total. The summed E-state index contributed by atoms with van der Waals surface area (Å²) in [6.45, 7) is 5.22. The summed E-state index contributed by atoms with van der Waals surface area (Å²) in [6.07, 6.45) is 1.21. The van der Waals surface area contributed by atoms with Gasteiger partial charge in [-0.2, -0.15) is 4.98 Å². The lowest BCUT2D eigenvalue weighted by atomic mass is 10.1. The van der Waals surface area contributed by atoms with E-state index in [1.54, 1.807) is 13.2 Å². The zero-order chi connectivity index (χ0) is 22.7. The second-order valence-corrected chi connectivity index (χ2v) is 7.53. The third-order valence-corrected chi connectivity index (χ3v) is 5.03. The van der Waals surface area contributed by atoms with E-state index in [4.69, 9.17) is 14.2 Å². The van der Waals surface area contributed by atoms with Crippen LogP contribution in [0.15, 0.2) is 36.5 Å². The fourth-order valence-electron chi connectivity index (χ4n) is 3.63. The molecule has 4 rings (SSSR count). The van der Waals surface area contributed by atoms with Crippen LogP contribution in [0.2, 0.25) is 0 Å². The number of rotatable bonds is 6. The van der Waals surface area contributed by atoms with Crippen molar-refractivity contribution in [1.29, 1.82) is 0 Å². The van der Waals surface area contributed by atoms with Crippen LogP contribution >= 0.6 is 0 Å². The number of hydrogen-bond acceptors (Lipinski definition) is 9. The Labute approximate surface area is 185 Å². The van der Waals surface area contributed by atoms with E-state index in [2.05, 4.69) is 25.5 Å². The number of benzene rings is 1. The molecule has 3 aromatic rings. The van der Waals surface area contributed by atoms with E-state index in [9.17, 15) is 4.39 Å². The first kappa shape index (κ1) is 21.7. The maximum atomic E-state index is 14.5. The predicted octanol–water partition coefficient (Wildman–Crippen LogP) is 3.45. The van der Waals surface area contributed by atoms with Crippen molar-refractivity contribution in [1.82, 2.24) is 20.2 Å². The predicted molar refractivity (Wildman–Crippen MR) is 118 cm³/mol. The molecular formula is C22H25FN6O3. The van der Waals surface area contributed by atoms with Crippen LogP contribution in [0.25, 0.3) is 11.1 Å². The van der Waals surface area contributed by atoms with Crippen LogP contribution in [0.3, 0.4) is 0 Å². The van der Waals surface area contributed by atoms with Crippen LogP contribution in [0.1, 0.15) is 13.8 Å². The minimum Gasteiger partial charge on any atom is -0.497 e. The zero-order valence-electron chi connectivity index (χ0n) is 18.4. The normalized spacial score (nSPS) is 18.3. The van der Waals surface area contributed by atoms with Crippen LogP contribution in [-0.4, -0.2) is 59.7 Å². The Morgan fingerprint density at radius 1 is 1.06 bits per heavy atom. The van der Waals surface area contributed by atoms with Gasteiger partial charge in [-0.3, -0.25) is 0 Å². The van der Waals surface area contributed by atoms with Gasteiger partial charge in [0, 0.05) is 18.7 Å². The summed E-state index contributed by atoms with van der Waals surface area (Å²) < 4.78 is 30.8. The van der Waals surface area contributed by atoms with E-state index < -0.39 is 5.82 Å². The van der Waals surface area contributed by atoms with Gasteiger partial charge in [0.15, 0.2) is 17.5 Å². The van der Waals surface area contributed by atoms with E-state index in [1.807, 2.05) is 43.0 Å². The molecule has 1 aliphatic heterocycles. The number of anilines is 3. The standard InChI is InChI=1S/C22H25FN6O3/c1-13-11-29(12-14(2)32-13)22-24-10-18(23)20(26-22)25-19-9-17(21(31-4)28-27-19)15-5-7-16(30-3)8-6-15/h5-10,13-14H,11-12H2,1-4H3,(H,24,25,26,27)/t13-,14+. The molecule has 1 fully saturated rings.